The van der Waals surface area contributed by atoms with E-state index in [1.54, 1.807) is 36.8 Å². The quantitative estimate of drug-likeness (QED) is 0.437. The molecule has 0 spiro atoms. The molecule has 0 aliphatic heterocycles. The Bertz CT molecular complexity index is 853. The minimum Gasteiger partial charge on any atom is -0.364 e. The van der Waals surface area contributed by atoms with Gasteiger partial charge in [0.2, 0.25) is 11.8 Å². The van der Waals surface area contributed by atoms with Crippen LogP contribution in [0, 0.1) is 10.1 Å². The molecule has 10 heteroatoms. The Hall–Kier alpha value is -3.20. The fourth-order valence-electron chi connectivity index (χ4n) is 2.10. The number of nitro groups is 1. The van der Waals surface area contributed by atoms with Crippen LogP contribution in [0.3, 0.4) is 0 Å². The highest BCUT2D eigenvalue weighted by atomic mass is 35.5. The number of imidazole rings is 1. The van der Waals surface area contributed by atoms with Gasteiger partial charge in [0.25, 0.3) is 0 Å². The van der Waals surface area contributed by atoms with Crippen LogP contribution in [0.5, 0.6) is 0 Å². The molecule has 0 aliphatic carbocycles. The molecule has 25 heavy (non-hydrogen) atoms. The smallest absolute Gasteiger partial charge is 0.329 e. The number of anilines is 3. The van der Waals surface area contributed by atoms with Gasteiger partial charge < -0.3 is 15.6 Å². The summed E-state index contributed by atoms with van der Waals surface area (Å²) in [5.74, 6) is 0.391. The average molecular weight is 360 g/mol. The molecule has 1 aromatic carbocycles. The number of halogens is 1. The number of nitrogens with zero attached hydrogens (tertiary/aromatic N) is 4. The first-order valence-corrected chi connectivity index (χ1v) is 7.75. The van der Waals surface area contributed by atoms with E-state index in [0.717, 1.165) is 11.4 Å². The van der Waals surface area contributed by atoms with Gasteiger partial charge >= 0.3 is 5.69 Å². The van der Waals surface area contributed by atoms with Gasteiger partial charge in [-0.2, -0.15) is 4.98 Å². The summed E-state index contributed by atoms with van der Waals surface area (Å²) in [7, 11) is 0. The van der Waals surface area contributed by atoms with Gasteiger partial charge in [0.05, 0.1) is 16.9 Å². The second-order valence-corrected chi connectivity index (χ2v) is 5.49. The van der Waals surface area contributed by atoms with Crippen molar-refractivity contribution in [2.75, 3.05) is 17.2 Å². The maximum atomic E-state index is 11.2. The summed E-state index contributed by atoms with van der Waals surface area (Å²) in [4.78, 5) is 25.8. The molecule has 0 bridgehead atoms. The fraction of sp³-hybridized carbons (Fsp3) is 0.133. The Morgan fingerprint density at radius 3 is 2.72 bits per heavy atom. The van der Waals surface area contributed by atoms with Crippen molar-refractivity contribution in [3.63, 3.8) is 0 Å². The zero-order valence-electron chi connectivity index (χ0n) is 12.9. The highest BCUT2D eigenvalue weighted by Crippen LogP contribution is 2.24. The maximum absolute atomic E-state index is 11.2. The molecule has 0 saturated heterocycles. The van der Waals surface area contributed by atoms with Crippen molar-refractivity contribution in [2.24, 2.45) is 0 Å². The van der Waals surface area contributed by atoms with E-state index in [2.05, 4.69) is 30.6 Å². The molecule has 0 fully saturated rings. The number of nitrogens with one attached hydrogen (secondary N) is 3. The van der Waals surface area contributed by atoms with E-state index >= 15 is 0 Å². The summed E-state index contributed by atoms with van der Waals surface area (Å²) in [6.07, 6.45) is 5.12. The van der Waals surface area contributed by atoms with Gasteiger partial charge in [0.15, 0.2) is 0 Å². The van der Waals surface area contributed by atoms with Crippen LogP contribution in [0.2, 0.25) is 5.02 Å². The van der Waals surface area contributed by atoms with E-state index in [0.29, 0.717) is 18.0 Å². The number of aromatic amines is 1. The van der Waals surface area contributed by atoms with Gasteiger partial charge in [-0.15, -0.1) is 0 Å². The maximum Gasteiger partial charge on any atom is 0.329 e. The van der Waals surface area contributed by atoms with E-state index in [-0.39, 0.29) is 17.5 Å². The van der Waals surface area contributed by atoms with E-state index in [1.165, 1.54) is 6.20 Å². The molecule has 3 rings (SSSR count). The molecule has 0 atom stereocenters. The normalized spacial score (nSPS) is 10.4. The molecule has 0 amide bonds. The molecule has 3 aromatic rings. The van der Waals surface area contributed by atoms with Crippen LogP contribution in [-0.4, -0.2) is 31.4 Å². The SMILES string of the molecule is O=[N+]([O-])c1cnc(Nc2ccc(Cl)cc2)nc1NCCc1c[nH]cn1. The zero-order chi connectivity index (χ0) is 17.6. The van der Waals surface area contributed by atoms with Crippen LogP contribution in [-0.2, 0) is 6.42 Å². The first-order valence-electron chi connectivity index (χ1n) is 7.37. The van der Waals surface area contributed by atoms with Gasteiger partial charge in [-0.25, -0.2) is 9.97 Å². The fourth-order valence-corrected chi connectivity index (χ4v) is 2.22. The van der Waals surface area contributed by atoms with Crippen LogP contribution in [0.1, 0.15) is 5.69 Å². The van der Waals surface area contributed by atoms with Crippen molar-refractivity contribution in [3.8, 4) is 0 Å². The van der Waals surface area contributed by atoms with Crippen molar-refractivity contribution in [2.45, 2.75) is 6.42 Å². The third-order valence-corrected chi connectivity index (χ3v) is 3.55. The highest BCUT2D eigenvalue weighted by Gasteiger charge is 2.17. The summed E-state index contributed by atoms with van der Waals surface area (Å²) < 4.78 is 0. The van der Waals surface area contributed by atoms with Crippen LogP contribution in [0.25, 0.3) is 0 Å². The van der Waals surface area contributed by atoms with Crippen LogP contribution >= 0.6 is 11.6 Å². The van der Waals surface area contributed by atoms with E-state index < -0.39 is 4.92 Å². The molecule has 3 N–H and O–H groups in total. The van der Waals surface area contributed by atoms with Gasteiger partial charge in [-0.1, -0.05) is 11.6 Å². The Morgan fingerprint density at radius 2 is 2.04 bits per heavy atom. The first-order chi connectivity index (χ1) is 12.1. The monoisotopic (exact) mass is 359 g/mol. The molecule has 0 saturated carbocycles. The summed E-state index contributed by atoms with van der Waals surface area (Å²) in [5, 5.41) is 17.7. The number of hydrogen-bond donors (Lipinski definition) is 3. The van der Waals surface area contributed by atoms with Crippen molar-refractivity contribution < 1.29 is 4.92 Å². The standard InChI is InChI=1S/C15H14ClN7O2/c16-10-1-3-11(4-2-10)21-15-19-8-13(23(24)25)14(22-15)18-6-5-12-7-17-9-20-12/h1-4,7-9H,5-6H2,(H,17,20)(H2,18,19,21,22). The van der Waals surface area contributed by atoms with Gasteiger partial charge in [-0.3, -0.25) is 10.1 Å². The minimum absolute atomic E-state index is 0.145. The highest BCUT2D eigenvalue weighted by molar-refractivity contribution is 6.30. The Labute approximate surface area is 147 Å². The average Bonchev–Trinajstić information content (AvgIpc) is 3.10. The van der Waals surface area contributed by atoms with Crippen molar-refractivity contribution in [1.29, 1.82) is 0 Å². The molecule has 0 unspecified atom stereocenters. The number of hydrogen-bond acceptors (Lipinski definition) is 7. The van der Waals surface area contributed by atoms with Crippen molar-refractivity contribution in [1.82, 2.24) is 19.9 Å². The molecular weight excluding hydrogens is 346 g/mol. The lowest BCUT2D eigenvalue weighted by atomic mass is 10.3. The lowest BCUT2D eigenvalue weighted by Crippen LogP contribution is -2.10. The molecule has 2 aromatic heterocycles. The molecule has 0 radical (unpaired) electrons. The van der Waals surface area contributed by atoms with Crippen molar-refractivity contribution in [3.05, 3.63) is 63.8 Å². The number of aromatic nitrogens is 4. The Kier molecular flexibility index (Phi) is 5.05. The topological polar surface area (TPSA) is 122 Å². The number of benzene rings is 1. The van der Waals surface area contributed by atoms with E-state index in [1.807, 2.05) is 0 Å². The Morgan fingerprint density at radius 1 is 1.24 bits per heavy atom. The Balaban J connectivity index is 1.74. The van der Waals surface area contributed by atoms with Crippen LogP contribution < -0.4 is 10.6 Å². The van der Waals surface area contributed by atoms with Crippen molar-refractivity contribution >= 4 is 34.7 Å². The predicted molar refractivity (Wildman–Crippen MR) is 94.2 cm³/mol. The number of H-pyrrole nitrogens is 1. The predicted octanol–water partition coefficient (Wildman–Crippen LogP) is 3.16. The number of rotatable bonds is 7. The summed E-state index contributed by atoms with van der Waals surface area (Å²) >= 11 is 5.84. The third-order valence-electron chi connectivity index (χ3n) is 3.29. The van der Waals surface area contributed by atoms with Gasteiger partial charge in [-0.05, 0) is 24.3 Å². The van der Waals surface area contributed by atoms with Crippen LogP contribution in [0.4, 0.5) is 23.1 Å². The van der Waals surface area contributed by atoms with Crippen LogP contribution in [0.15, 0.2) is 43.0 Å². The molecule has 0 aliphatic rings. The van der Waals surface area contributed by atoms with E-state index in [4.69, 9.17) is 11.6 Å². The van der Waals surface area contributed by atoms with E-state index in [9.17, 15) is 10.1 Å². The minimum atomic E-state index is -0.525. The second kappa shape index (κ2) is 7.58. The summed E-state index contributed by atoms with van der Waals surface area (Å²) in [6.45, 7) is 0.448. The molecule has 9 nitrogen and oxygen atoms in total. The molecule has 128 valence electrons. The second-order valence-electron chi connectivity index (χ2n) is 5.05. The lowest BCUT2D eigenvalue weighted by Gasteiger charge is -2.08. The van der Waals surface area contributed by atoms with Gasteiger partial charge in [0, 0.05) is 29.9 Å². The summed E-state index contributed by atoms with van der Waals surface area (Å²) in [5.41, 5.74) is 1.38. The van der Waals surface area contributed by atoms with Gasteiger partial charge in [0.1, 0.15) is 6.20 Å². The molecule has 2 heterocycles. The zero-order valence-corrected chi connectivity index (χ0v) is 13.7. The first kappa shape index (κ1) is 16.7. The lowest BCUT2D eigenvalue weighted by molar-refractivity contribution is -0.384. The largest absolute Gasteiger partial charge is 0.364 e. The third kappa shape index (κ3) is 4.42. The summed E-state index contributed by atoms with van der Waals surface area (Å²) in [6, 6.07) is 6.96. The molecular formula is C15H14ClN7O2.